The lowest BCUT2D eigenvalue weighted by atomic mass is 9.82. The van der Waals surface area contributed by atoms with E-state index >= 15 is 0 Å². The zero-order valence-corrected chi connectivity index (χ0v) is 28.6. The molecule has 0 N–H and O–H groups in total. The van der Waals surface area contributed by atoms with Gasteiger partial charge in [0.15, 0.2) is 0 Å². The second-order valence-electron chi connectivity index (χ2n) is 13.4. The average Bonchev–Trinajstić information content (AvgIpc) is 3.81. The van der Waals surface area contributed by atoms with Gasteiger partial charge in [0.2, 0.25) is 0 Å². The summed E-state index contributed by atoms with van der Waals surface area (Å²) in [6.07, 6.45) is 0. The summed E-state index contributed by atoms with van der Waals surface area (Å²) in [4.78, 5) is 1.20. The SMILES string of the molecule is [2H]c1c([2H])c([2H])c(-c2c([2H])c([2H])c(N(c3cccc(-c4ccc5c(c4)c4ccccc4n5-c4ccccc4)c3)c3c([2H])c([2H])c4c(c3[2H])C(C)(C)c3c([2H])c([2H])c([2H])c([2H])c3-4)c([2H])c2[2H])c([2H])c1[2H]. The summed E-state index contributed by atoms with van der Waals surface area (Å²) in [5.74, 6) is 0. The maximum Gasteiger partial charge on any atom is 0.0648 e. The maximum absolute atomic E-state index is 9.99. The van der Waals surface area contributed by atoms with Crippen molar-refractivity contribution in [3.8, 4) is 39.1 Å². The van der Waals surface area contributed by atoms with Crippen LogP contribution in [-0.4, -0.2) is 4.57 Å². The quantitative estimate of drug-likeness (QED) is 0.168. The molecule has 0 spiro atoms. The Balaban J connectivity index is 1.26. The van der Waals surface area contributed by atoms with Crippen LogP contribution in [0.15, 0.2) is 194 Å². The molecule has 0 amide bonds. The average molecular weight is 695 g/mol. The summed E-state index contributed by atoms with van der Waals surface area (Å²) in [6, 6.07) is 20.7. The molecule has 252 valence electrons. The van der Waals surface area contributed by atoms with Gasteiger partial charge in [-0.3, -0.25) is 0 Å². The largest absolute Gasteiger partial charge is 0.310 e. The summed E-state index contributed by atoms with van der Waals surface area (Å²) >= 11 is 0. The van der Waals surface area contributed by atoms with Crippen LogP contribution < -0.4 is 4.90 Å². The molecule has 2 nitrogen and oxygen atoms in total. The van der Waals surface area contributed by atoms with Crippen molar-refractivity contribution in [1.29, 1.82) is 0 Å². The summed E-state index contributed by atoms with van der Waals surface area (Å²) in [6.45, 7) is 3.31. The highest BCUT2D eigenvalue weighted by atomic mass is 15.1. The Bertz CT molecular complexity index is 3670. The molecule has 2 heteroatoms. The Morgan fingerprint density at radius 2 is 1.15 bits per heavy atom. The van der Waals surface area contributed by atoms with Gasteiger partial charge in [-0.1, -0.05) is 141 Å². The van der Waals surface area contributed by atoms with Gasteiger partial charge in [-0.05, 0) is 111 Å². The Labute approximate surface area is 333 Å². The molecule has 53 heavy (non-hydrogen) atoms. The molecule has 0 aliphatic heterocycles. The van der Waals surface area contributed by atoms with Crippen molar-refractivity contribution < 1.29 is 21.9 Å². The van der Waals surface area contributed by atoms with E-state index in [1.54, 1.807) is 32.0 Å². The maximum atomic E-state index is 9.99. The second kappa shape index (κ2) is 12.3. The first-order chi connectivity index (χ1) is 32.7. The van der Waals surface area contributed by atoms with E-state index < -0.39 is 113 Å². The van der Waals surface area contributed by atoms with E-state index in [9.17, 15) is 9.60 Å². The third kappa shape index (κ3) is 5.10. The lowest BCUT2D eigenvalue weighted by Crippen LogP contribution is -2.16. The predicted octanol–water partition coefficient (Wildman–Crippen LogP) is 13.9. The van der Waals surface area contributed by atoms with Crippen molar-refractivity contribution in [3.63, 3.8) is 0 Å². The summed E-state index contributed by atoms with van der Waals surface area (Å²) in [7, 11) is 0. The van der Waals surface area contributed by atoms with Gasteiger partial charge in [-0.25, -0.2) is 0 Å². The topological polar surface area (TPSA) is 8.17 Å². The van der Waals surface area contributed by atoms with Gasteiger partial charge in [0, 0.05) is 38.9 Å². The number of fused-ring (bicyclic) bond motifs is 6. The van der Waals surface area contributed by atoms with Crippen molar-refractivity contribution >= 4 is 38.9 Å². The highest BCUT2D eigenvalue weighted by molar-refractivity contribution is 6.10. The molecule has 1 aliphatic rings. The Kier molecular flexibility index (Phi) is 4.33. The molecule has 1 aromatic heterocycles. The van der Waals surface area contributed by atoms with Crippen LogP contribution in [0, 0.1) is 0 Å². The molecule has 9 aromatic rings. The number of nitrogens with zero attached hydrogens (tertiary/aromatic N) is 2. The third-order valence-corrected chi connectivity index (χ3v) is 9.92. The fourth-order valence-corrected chi connectivity index (χ4v) is 7.38. The fraction of sp³-hybridized carbons (Fsp3) is 0.0588. The van der Waals surface area contributed by atoms with E-state index in [0.717, 1.165) is 33.1 Å². The monoisotopic (exact) mass is 694 g/mol. The number of rotatable bonds is 6. The fourth-order valence-electron chi connectivity index (χ4n) is 7.38. The number of aromatic nitrogens is 1. The molecule has 1 heterocycles. The van der Waals surface area contributed by atoms with E-state index in [0.29, 0.717) is 5.56 Å². The van der Waals surface area contributed by atoms with Gasteiger partial charge in [0.05, 0.1) is 33.0 Å². The van der Waals surface area contributed by atoms with Gasteiger partial charge >= 0.3 is 0 Å². The Morgan fingerprint density at radius 3 is 2.00 bits per heavy atom. The second-order valence-corrected chi connectivity index (χ2v) is 13.4. The van der Waals surface area contributed by atoms with Crippen molar-refractivity contribution in [3.05, 3.63) is 205 Å². The first-order valence-corrected chi connectivity index (χ1v) is 17.1. The van der Waals surface area contributed by atoms with Gasteiger partial charge in [-0.15, -0.1) is 0 Å². The standard InChI is InChI=1S/C51H38N2/c1-51(2)47-22-11-9-20-43(47)44-30-29-42(34-48(44)51)52(40-27-24-36(25-28-40)35-14-5-3-6-15-35)41-19-13-16-37(32-41)38-26-31-50-46(33-38)45-21-10-12-23-49(45)53(50)39-17-7-4-8-18-39/h3-34H,1-2H3/i3D,5D,6D,9D,11D,14D,15D,20D,22D,24D,25D,27D,28D,29D,30D,34D. The predicted molar refractivity (Wildman–Crippen MR) is 224 cm³/mol. The minimum atomic E-state index is -1.35. The number of benzene rings is 8. The molecule has 8 aromatic carbocycles. The highest BCUT2D eigenvalue weighted by Crippen LogP contribution is 2.51. The van der Waals surface area contributed by atoms with E-state index in [1.165, 1.54) is 4.90 Å². The third-order valence-electron chi connectivity index (χ3n) is 9.92. The van der Waals surface area contributed by atoms with E-state index in [1.807, 2.05) is 78.9 Å². The molecule has 0 radical (unpaired) electrons. The lowest BCUT2D eigenvalue weighted by molar-refractivity contribution is 0.660. The van der Waals surface area contributed by atoms with E-state index in [2.05, 4.69) is 4.57 Å². The molecule has 1 aliphatic carbocycles. The van der Waals surface area contributed by atoms with Crippen molar-refractivity contribution in [1.82, 2.24) is 4.57 Å². The number of hydrogen-bond acceptors (Lipinski definition) is 1. The van der Waals surface area contributed by atoms with Crippen molar-refractivity contribution in [2.75, 3.05) is 4.90 Å². The number of anilines is 3. The van der Waals surface area contributed by atoms with Gasteiger partial charge in [0.25, 0.3) is 0 Å². The van der Waals surface area contributed by atoms with Crippen molar-refractivity contribution in [2.24, 2.45) is 0 Å². The van der Waals surface area contributed by atoms with Gasteiger partial charge in [-0.2, -0.15) is 0 Å². The molecule has 0 saturated heterocycles. The van der Waals surface area contributed by atoms with Crippen LogP contribution in [0.5, 0.6) is 0 Å². The minimum absolute atomic E-state index is 0.00988. The Morgan fingerprint density at radius 1 is 0.472 bits per heavy atom. The highest BCUT2D eigenvalue weighted by Gasteiger charge is 2.35. The molecule has 0 bridgehead atoms. The van der Waals surface area contributed by atoms with Crippen LogP contribution in [0.3, 0.4) is 0 Å². The van der Waals surface area contributed by atoms with Crippen LogP contribution >= 0.6 is 0 Å². The zero-order valence-electron chi connectivity index (χ0n) is 44.6. The summed E-state index contributed by atoms with van der Waals surface area (Å²) in [5.41, 5.74) is 1.30. The zero-order chi connectivity index (χ0) is 49.4. The van der Waals surface area contributed by atoms with Crippen LogP contribution in [0.4, 0.5) is 17.1 Å². The molecule has 0 saturated carbocycles. The summed E-state index contributed by atoms with van der Waals surface area (Å²) < 4.78 is 146. The van der Waals surface area contributed by atoms with Crippen molar-refractivity contribution in [2.45, 2.75) is 19.3 Å². The van der Waals surface area contributed by atoms with Crippen LogP contribution in [0.2, 0.25) is 0 Å². The molecular formula is C51H38N2. The van der Waals surface area contributed by atoms with E-state index in [4.69, 9.17) is 12.3 Å². The Hall–Kier alpha value is -6.64. The normalized spacial score (nSPS) is 17.1. The van der Waals surface area contributed by atoms with Crippen LogP contribution in [-0.2, 0) is 5.41 Å². The lowest BCUT2D eigenvalue weighted by Gasteiger charge is -2.28. The summed E-state index contributed by atoms with van der Waals surface area (Å²) in [5, 5.41) is 1.93. The molecule has 10 rings (SSSR count). The molecule has 0 unspecified atom stereocenters. The van der Waals surface area contributed by atoms with E-state index in [-0.39, 0.29) is 39.7 Å². The minimum Gasteiger partial charge on any atom is -0.310 e. The van der Waals surface area contributed by atoms with Gasteiger partial charge < -0.3 is 9.47 Å². The van der Waals surface area contributed by atoms with Gasteiger partial charge in [0.1, 0.15) is 0 Å². The smallest absolute Gasteiger partial charge is 0.0648 e. The van der Waals surface area contributed by atoms with Crippen LogP contribution in [0.25, 0.3) is 60.9 Å². The number of hydrogen-bond donors (Lipinski definition) is 0. The number of para-hydroxylation sites is 2. The molecule has 0 atom stereocenters. The first kappa shape index (κ1) is 18.7. The van der Waals surface area contributed by atoms with Crippen LogP contribution in [0.1, 0.15) is 46.9 Å². The first-order valence-electron chi connectivity index (χ1n) is 25.1. The molecular weight excluding hydrogens is 641 g/mol. The molecule has 0 fully saturated rings.